The monoisotopic (exact) mass is 419 g/mol. The third kappa shape index (κ3) is 4.19. The van der Waals surface area contributed by atoms with Crippen LogP contribution in [-0.2, 0) is 16.1 Å². The summed E-state index contributed by atoms with van der Waals surface area (Å²) in [6.45, 7) is 1.21. The fraction of sp³-hybridized carbons (Fsp3) is 0.333. The summed E-state index contributed by atoms with van der Waals surface area (Å²) in [4.78, 5) is 37.5. The van der Waals surface area contributed by atoms with Crippen LogP contribution in [0.2, 0.25) is 0 Å². The Morgan fingerprint density at radius 3 is 2.69 bits per heavy atom. The molecular weight excluding hydrogens is 402 g/mol. The number of benzene rings is 1. The Balaban J connectivity index is 1.39. The molecule has 0 atom stereocenters. The molecule has 0 fully saturated rings. The van der Waals surface area contributed by atoms with Gasteiger partial charge < -0.3 is 4.74 Å². The topological polar surface area (TPSA) is 81.5 Å². The molecule has 0 unspecified atom stereocenters. The second-order valence-electron chi connectivity index (χ2n) is 5.90. The molecule has 0 N–H and O–H groups in total. The number of nitrogens with zero attached hydrogens (tertiary/aromatic N) is 3. The first-order chi connectivity index (χ1) is 12.6. The lowest BCUT2D eigenvalue weighted by Gasteiger charge is -2.13. The van der Waals surface area contributed by atoms with E-state index in [1.165, 1.54) is 4.90 Å². The standard InChI is InChI=1S/C18H18BrN3O4/c19-13-5-6-14-15(12-13)18(25)22(17(14)24)10-1-4-16(23)26-11-3-9-21-8-2-7-20-21/h2,5-8,12H,1,3-4,9-11H2. The zero-order valence-corrected chi connectivity index (χ0v) is 15.6. The van der Waals surface area contributed by atoms with Crippen molar-refractivity contribution in [3.05, 3.63) is 52.3 Å². The Bertz CT molecular complexity index is 820. The Morgan fingerprint density at radius 1 is 1.12 bits per heavy atom. The van der Waals surface area contributed by atoms with Crippen molar-refractivity contribution in [1.82, 2.24) is 14.7 Å². The van der Waals surface area contributed by atoms with Crippen molar-refractivity contribution >= 4 is 33.7 Å². The summed E-state index contributed by atoms with van der Waals surface area (Å²) in [6, 6.07) is 6.84. The average molecular weight is 420 g/mol. The molecular formula is C18H18BrN3O4. The molecule has 8 heteroatoms. The first-order valence-corrected chi connectivity index (χ1v) is 9.14. The number of carbonyl (C=O) groups excluding carboxylic acids is 3. The minimum Gasteiger partial charge on any atom is -0.466 e. The van der Waals surface area contributed by atoms with Crippen LogP contribution in [0.4, 0.5) is 0 Å². The van der Waals surface area contributed by atoms with Crippen molar-refractivity contribution in [2.75, 3.05) is 13.2 Å². The van der Waals surface area contributed by atoms with Gasteiger partial charge in [0.25, 0.3) is 11.8 Å². The van der Waals surface area contributed by atoms with Crippen molar-refractivity contribution in [3.8, 4) is 0 Å². The summed E-state index contributed by atoms with van der Waals surface area (Å²) in [5.41, 5.74) is 0.796. The quantitative estimate of drug-likeness (QED) is 0.373. The zero-order chi connectivity index (χ0) is 18.5. The number of rotatable bonds is 8. The second-order valence-corrected chi connectivity index (χ2v) is 6.81. The predicted molar refractivity (Wildman–Crippen MR) is 96.5 cm³/mol. The first kappa shape index (κ1) is 18.3. The molecule has 1 aliphatic rings. The summed E-state index contributed by atoms with van der Waals surface area (Å²) in [6.07, 6.45) is 4.77. The Hall–Kier alpha value is -2.48. The lowest BCUT2D eigenvalue weighted by Crippen LogP contribution is -2.31. The van der Waals surface area contributed by atoms with E-state index in [1.807, 2.05) is 12.3 Å². The van der Waals surface area contributed by atoms with E-state index in [1.54, 1.807) is 29.1 Å². The van der Waals surface area contributed by atoms with Gasteiger partial charge in [0.1, 0.15) is 0 Å². The number of fused-ring (bicyclic) bond motifs is 1. The summed E-state index contributed by atoms with van der Waals surface area (Å²) in [7, 11) is 0. The highest BCUT2D eigenvalue weighted by Crippen LogP contribution is 2.26. The zero-order valence-electron chi connectivity index (χ0n) is 14.1. The number of amides is 2. The van der Waals surface area contributed by atoms with Crippen LogP contribution in [0.25, 0.3) is 0 Å². The molecule has 0 aliphatic carbocycles. The minimum absolute atomic E-state index is 0.166. The lowest BCUT2D eigenvalue weighted by molar-refractivity contribution is -0.144. The van der Waals surface area contributed by atoms with Gasteiger partial charge in [-0.3, -0.25) is 24.0 Å². The van der Waals surface area contributed by atoms with Gasteiger partial charge in [-0.15, -0.1) is 0 Å². The molecule has 1 aromatic heterocycles. The van der Waals surface area contributed by atoms with Gasteiger partial charge >= 0.3 is 5.97 Å². The summed E-state index contributed by atoms with van der Waals surface area (Å²) >= 11 is 3.30. The van der Waals surface area contributed by atoms with E-state index in [9.17, 15) is 14.4 Å². The second kappa shape index (κ2) is 8.27. The van der Waals surface area contributed by atoms with Crippen LogP contribution in [-0.4, -0.2) is 45.6 Å². The summed E-state index contributed by atoms with van der Waals surface area (Å²) in [5.74, 6) is -0.964. The van der Waals surface area contributed by atoms with Crippen molar-refractivity contribution in [1.29, 1.82) is 0 Å². The third-order valence-corrected chi connectivity index (χ3v) is 4.54. The van der Waals surface area contributed by atoms with E-state index in [0.717, 1.165) is 4.47 Å². The number of halogens is 1. The molecule has 0 spiro atoms. The molecule has 0 saturated carbocycles. The molecule has 3 rings (SSSR count). The molecule has 1 aliphatic heterocycles. The van der Waals surface area contributed by atoms with E-state index < -0.39 is 0 Å². The number of ether oxygens (including phenoxy) is 1. The van der Waals surface area contributed by atoms with Crippen LogP contribution in [0.3, 0.4) is 0 Å². The predicted octanol–water partition coefficient (Wildman–Crippen LogP) is 2.66. The van der Waals surface area contributed by atoms with E-state index in [0.29, 0.717) is 37.1 Å². The fourth-order valence-corrected chi connectivity index (χ4v) is 3.13. The molecule has 7 nitrogen and oxygen atoms in total. The van der Waals surface area contributed by atoms with Crippen LogP contribution < -0.4 is 0 Å². The van der Waals surface area contributed by atoms with Crippen molar-refractivity contribution in [2.45, 2.75) is 25.8 Å². The van der Waals surface area contributed by atoms with Gasteiger partial charge in [-0.25, -0.2) is 0 Å². The van der Waals surface area contributed by atoms with Crippen molar-refractivity contribution in [2.24, 2.45) is 0 Å². The SMILES string of the molecule is O=C(CCCN1C(=O)c2ccc(Br)cc2C1=O)OCCCn1cccn1. The smallest absolute Gasteiger partial charge is 0.305 e. The third-order valence-electron chi connectivity index (χ3n) is 4.05. The Kier molecular flexibility index (Phi) is 5.82. The van der Waals surface area contributed by atoms with Crippen LogP contribution in [0, 0.1) is 0 Å². The van der Waals surface area contributed by atoms with E-state index in [-0.39, 0.29) is 30.7 Å². The van der Waals surface area contributed by atoms with E-state index in [2.05, 4.69) is 21.0 Å². The molecule has 1 aromatic carbocycles. The molecule has 0 saturated heterocycles. The molecule has 26 heavy (non-hydrogen) atoms. The number of aryl methyl sites for hydroxylation is 1. The van der Waals surface area contributed by atoms with E-state index >= 15 is 0 Å². The first-order valence-electron chi connectivity index (χ1n) is 8.35. The Labute approximate surface area is 159 Å². The van der Waals surface area contributed by atoms with Crippen molar-refractivity contribution < 1.29 is 19.1 Å². The normalized spacial score (nSPS) is 13.2. The van der Waals surface area contributed by atoms with Gasteiger partial charge in [0.15, 0.2) is 0 Å². The number of imide groups is 1. The van der Waals surface area contributed by atoms with Gasteiger partial charge in [-0.2, -0.15) is 5.10 Å². The van der Waals surface area contributed by atoms with Crippen molar-refractivity contribution in [3.63, 3.8) is 0 Å². The largest absolute Gasteiger partial charge is 0.466 e. The number of aromatic nitrogens is 2. The highest BCUT2D eigenvalue weighted by molar-refractivity contribution is 9.10. The molecule has 2 heterocycles. The molecule has 2 amide bonds. The minimum atomic E-state index is -0.329. The molecule has 0 bridgehead atoms. The van der Waals surface area contributed by atoms with Crippen LogP contribution >= 0.6 is 15.9 Å². The maximum absolute atomic E-state index is 12.3. The number of esters is 1. The van der Waals surface area contributed by atoms with Crippen LogP contribution in [0.1, 0.15) is 40.0 Å². The van der Waals surface area contributed by atoms with Crippen LogP contribution in [0.5, 0.6) is 0 Å². The molecule has 0 radical (unpaired) electrons. The number of carbonyl (C=O) groups is 3. The highest BCUT2D eigenvalue weighted by atomic mass is 79.9. The van der Waals surface area contributed by atoms with E-state index in [4.69, 9.17) is 4.74 Å². The maximum atomic E-state index is 12.3. The summed E-state index contributed by atoms with van der Waals surface area (Å²) in [5, 5.41) is 4.07. The van der Waals surface area contributed by atoms with Gasteiger partial charge in [-0.05, 0) is 30.7 Å². The number of hydrogen-bond acceptors (Lipinski definition) is 5. The highest BCUT2D eigenvalue weighted by Gasteiger charge is 2.35. The van der Waals surface area contributed by atoms with Crippen LogP contribution in [0.15, 0.2) is 41.1 Å². The average Bonchev–Trinajstić information content (AvgIpc) is 3.21. The van der Waals surface area contributed by atoms with Gasteiger partial charge in [-0.1, -0.05) is 15.9 Å². The van der Waals surface area contributed by atoms with Gasteiger partial charge in [0, 0.05) is 42.8 Å². The molecule has 136 valence electrons. The number of hydrogen-bond donors (Lipinski definition) is 0. The summed E-state index contributed by atoms with van der Waals surface area (Å²) < 4.78 is 7.68. The maximum Gasteiger partial charge on any atom is 0.305 e. The fourth-order valence-electron chi connectivity index (χ4n) is 2.76. The van der Waals surface area contributed by atoms with Gasteiger partial charge in [0.2, 0.25) is 0 Å². The Morgan fingerprint density at radius 2 is 1.92 bits per heavy atom. The lowest BCUT2D eigenvalue weighted by atomic mass is 10.1. The molecule has 2 aromatic rings. The van der Waals surface area contributed by atoms with Gasteiger partial charge in [0.05, 0.1) is 17.7 Å².